The number of morpholine rings is 1. The summed E-state index contributed by atoms with van der Waals surface area (Å²) in [6, 6.07) is 6.36. The Bertz CT molecular complexity index is 579. The zero-order valence-corrected chi connectivity index (χ0v) is 16.8. The predicted octanol–water partition coefficient (Wildman–Crippen LogP) is 2.47. The van der Waals surface area contributed by atoms with E-state index < -0.39 is 0 Å². The van der Waals surface area contributed by atoms with Gasteiger partial charge in [0.1, 0.15) is 11.9 Å². The van der Waals surface area contributed by atoms with Crippen LogP contribution in [0.4, 0.5) is 4.39 Å². The number of carbonyl (C=O) groups is 1. The first-order valence-corrected chi connectivity index (χ1v) is 9.67. The third kappa shape index (κ3) is 6.42. The predicted molar refractivity (Wildman–Crippen MR) is 107 cm³/mol. The zero-order valence-electron chi connectivity index (χ0n) is 16.0. The Hall–Kier alpha value is -1.21. The summed E-state index contributed by atoms with van der Waals surface area (Å²) in [5.41, 5.74) is 0.925. The fraction of sp³-hybridized carbons (Fsp3) is 0.650. The second kappa shape index (κ2) is 11.0. The van der Waals surface area contributed by atoms with Crippen molar-refractivity contribution in [2.24, 2.45) is 5.92 Å². The number of ether oxygens (including phenoxy) is 1. The van der Waals surface area contributed by atoms with E-state index in [0.717, 1.165) is 31.1 Å². The molecule has 27 heavy (non-hydrogen) atoms. The van der Waals surface area contributed by atoms with Gasteiger partial charge >= 0.3 is 0 Å². The first-order valence-electron chi connectivity index (χ1n) is 9.67. The monoisotopic (exact) mass is 399 g/mol. The van der Waals surface area contributed by atoms with E-state index in [4.69, 9.17) is 4.74 Å². The lowest BCUT2D eigenvalue weighted by Gasteiger charge is -2.36. The van der Waals surface area contributed by atoms with Crippen LogP contribution in [0, 0.1) is 11.7 Å². The highest BCUT2D eigenvalue weighted by molar-refractivity contribution is 5.85. The maximum absolute atomic E-state index is 13.1. The smallest absolute Gasteiger partial charge is 0.236 e. The van der Waals surface area contributed by atoms with Crippen molar-refractivity contribution < 1.29 is 13.9 Å². The molecule has 2 heterocycles. The Morgan fingerprint density at radius 2 is 1.93 bits per heavy atom. The van der Waals surface area contributed by atoms with Gasteiger partial charge in [0.25, 0.3) is 0 Å². The standard InChI is InChI=1S/C20H30FN3O2.ClH/c1-22-9-6-16-7-10-23(11-8-16)15-20(25)24-12-13-26-19(14-24)17-2-4-18(21)5-3-17;/h2-5,16,19,22H,6-15H2,1H3;1H. The van der Waals surface area contributed by atoms with Crippen LogP contribution >= 0.6 is 12.4 Å². The number of rotatable bonds is 6. The number of halogens is 2. The van der Waals surface area contributed by atoms with E-state index >= 15 is 0 Å². The number of piperidine rings is 1. The van der Waals surface area contributed by atoms with Gasteiger partial charge in [0.05, 0.1) is 19.7 Å². The zero-order chi connectivity index (χ0) is 18.4. The van der Waals surface area contributed by atoms with E-state index in [1.165, 1.54) is 31.4 Å². The summed E-state index contributed by atoms with van der Waals surface area (Å²) in [5, 5.41) is 3.22. The normalized spacial score (nSPS) is 21.7. The molecular weight excluding hydrogens is 369 g/mol. The third-order valence-corrected chi connectivity index (χ3v) is 5.53. The minimum absolute atomic E-state index is 0. The summed E-state index contributed by atoms with van der Waals surface area (Å²) in [7, 11) is 2.00. The Labute approximate surface area is 167 Å². The Morgan fingerprint density at radius 3 is 2.59 bits per heavy atom. The highest BCUT2D eigenvalue weighted by atomic mass is 35.5. The molecule has 0 saturated carbocycles. The molecule has 2 fully saturated rings. The summed E-state index contributed by atoms with van der Waals surface area (Å²) < 4.78 is 18.9. The van der Waals surface area contributed by atoms with Crippen LogP contribution < -0.4 is 5.32 Å². The van der Waals surface area contributed by atoms with Crippen LogP contribution in [0.15, 0.2) is 24.3 Å². The van der Waals surface area contributed by atoms with Gasteiger partial charge in [0.15, 0.2) is 0 Å². The number of carbonyl (C=O) groups excluding carboxylic acids is 1. The molecule has 1 atom stereocenters. The minimum atomic E-state index is -0.254. The van der Waals surface area contributed by atoms with Crippen LogP contribution in [0.5, 0.6) is 0 Å². The molecule has 1 aromatic carbocycles. The molecule has 2 saturated heterocycles. The molecule has 0 aromatic heterocycles. The van der Waals surface area contributed by atoms with E-state index in [9.17, 15) is 9.18 Å². The van der Waals surface area contributed by atoms with Gasteiger partial charge in [0, 0.05) is 6.54 Å². The van der Waals surface area contributed by atoms with Gasteiger partial charge in [0.2, 0.25) is 5.91 Å². The van der Waals surface area contributed by atoms with Crippen molar-refractivity contribution in [1.29, 1.82) is 0 Å². The molecule has 1 aromatic rings. The van der Waals surface area contributed by atoms with Crippen molar-refractivity contribution in [2.75, 3.05) is 52.9 Å². The van der Waals surface area contributed by atoms with Crippen LogP contribution in [0.3, 0.4) is 0 Å². The molecule has 0 spiro atoms. The largest absolute Gasteiger partial charge is 0.370 e. The van der Waals surface area contributed by atoms with Crippen LogP contribution in [0.1, 0.15) is 30.9 Å². The van der Waals surface area contributed by atoms with E-state index in [1.807, 2.05) is 11.9 Å². The molecule has 2 aliphatic heterocycles. The van der Waals surface area contributed by atoms with Crippen LogP contribution in [0.25, 0.3) is 0 Å². The van der Waals surface area contributed by atoms with Crippen molar-refractivity contribution in [3.63, 3.8) is 0 Å². The van der Waals surface area contributed by atoms with E-state index in [2.05, 4.69) is 10.2 Å². The second-order valence-corrected chi connectivity index (χ2v) is 7.36. The lowest BCUT2D eigenvalue weighted by molar-refractivity contribution is -0.140. The lowest BCUT2D eigenvalue weighted by atomic mass is 9.93. The molecule has 0 radical (unpaired) electrons. The number of nitrogens with zero attached hydrogens (tertiary/aromatic N) is 2. The average molecular weight is 400 g/mol. The van der Waals surface area contributed by atoms with Crippen molar-refractivity contribution >= 4 is 18.3 Å². The van der Waals surface area contributed by atoms with E-state index in [0.29, 0.717) is 26.2 Å². The van der Waals surface area contributed by atoms with Crippen LogP contribution in [0.2, 0.25) is 0 Å². The second-order valence-electron chi connectivity index (χ2n) is 7.36. The first kappa shape index (κ1) is 22.1. The highest BCUT2D eigenvalue weighted by Crippen LogP contribution is 2.23. The van der Waals surface area contributed by atoms with Crippen molar-refractivity contribution in [3.05, 3.63) is 35.6 Å². The molecule has 3 rings (SSSR count). The van der Waals surface area contributed by atoms with Crippen LogP contribution in [-0.2, 0) is 9.53 Å². The molecule has 0 bridgehead atoms. The molecular formula is C20H31ClFN3O2. The number of hydrogen-bond acceptors (Lipinski definition) is 4. The molecule has 7 heteroatoms. The number of nitrogens with one attached hydrogen (secondary N) is 1. The average Bonchev–Trinajstić information content (AvgIpc) is 2.68. The Kier molecular flexibility index (Phi) is 8.96. The van der Waals surface area contributed by atoms with Crippen molar-refractivity contribution in [2.45, 2.75) is 25.4 Å². The maximum Gasteiger partial charge on any atom is 0.236 e. The van der Waals surface area contributed by atoms with Gasteiger partial charge in [-0.15, -0.1) is 12.4 Å². The number of hydrogen-bond donors (Lipinski definition) is 1. The lowest BCUT2D eigenvalue weighted by Crippen LogP contribution is -2.48. The summed E-state index contributed by atoms with van der Waals surface area (Å²) in [4.78, 5) is 16.9. The van der Waals surface area contributed by atoms with Gasteiger partial charge in [-0.2, -0.15) is 0 Å². The number of benzene rings is 1. The molecule has 1 amide bonds. The van der Waals surface area contributed by atoms with Gasteiger partial charge in [-0.05, 0) is 69.6 Å². The summed E-state index contributed by atoms with van der Waals surface area (Å²) in [6.07, 6.45) is 3.41. The molecule has 2 aliphatic rings. The van der Waals surface area contributed by atoms with Gasteiger partial charge in [-0.25, -0.2) is 4.39 Å². The Morgan fingerprint density at radius 1 is 1.22 bits per heavy atom. The van der Waals surface area contributed by atoms with E-state index in [-0.39, 0.29) is 30.2 Å². The van der Waals surface area contributed by atoms with Gasteiger partial charge in [-0.1, -0.05) is 12.1 Å². The molecule has 0 aliphatic carbocycles. The summed E-state index contributed by atoms with van der Waals surface area (Å²) in [6.45, 7) is 5.28. The molecule has 5 nitrogen and oxygen atoms in total. The van der Waals surface area contributed by atoms with Gasteiger partial charge < -0.3 is 15.0 Å². The summed E-state index contributed by atoms with van der Waals surface area (Å²) in [5.74, 6) is 0.699. The van der Waals surface area contributed by atoms with Crippen LogP contribution in [-0.4, -0.2) is 68.6 Å². The molecule has 152 valence electrons. The topological polar surface area (TPSA) is 44.8 Å². The number of likely N-dealkylation sites (tertiary alicyclic amines) is 1. The maximum atomic E-state index is 13.1. The minimum Gasteiger partial charge on any atom is -0.370 e. The quantitative estimate of drug-likeness (QED) is 0.798. The van der Waals surface area contributed by atoms with Gasteiger partial charge in [-0.3, -0.25) is 9.69 Å². The summed E-state index contributed by atoms with van der Waals surface area (Å²) >= 11 is 0. The van der Waals surface area contributed by atoms with E-state index in [1.54, 1.807) is 12.1 Å². The van der Waals surface area contributed by atoms with Crippen molar-refractivity contribution in [3.8, 4) is 0 Å². The molecule has 1 N–H and O–H groups in total. The SMILES string of the molecule is CNCCC1CCN(CC(=O)N2CCOC(c3ccc(F)cc3)C2)CC1.Cl. The van der Waals surface area contributed by atoms with Crippen molar-refractivity contribution in [1.82, 2.24) is 15.1 Å². The first-order chi connectivity index (χ1) is 12.7. The molecule has 1 unspecified atom stereocenters. The highest BCUT2D eigenvalue weighted by Gasteiger charge is 2.27. The third-order valence-electron chi connectivity index (χ3n) is 5.53. The fourth-order valence-electron chi connectivity index (χ4n) is 3.83. The fourth-order valence-corrected chi connectivity index (χ4v) is 3.83. The Balaban J connectivity index is 0.00000261. The number of amides is 1.